The predicted octanol–water partition coefficient (Wildman–Crippen LogP) is 0.874. The summed E-state index contributed by atoms with van der Waals surface area (Å²) in [7, 11) is 0. The van der Waals surface area contributed by atoms with Gasteiger partial charge in [-0.2, -0.15) is 0 Å². The number of nitrogens with one attached hydrogen (secondary N) is 1. The maximum Gasteiger partial charge on any atom is 0.247 e. The Hall–Kier alpha value is -1.27. The molecule has 5 nitrogen and oxygen atoms in total. The van der Waals surface area contributed by atoms with Crippen LogP contribution in [0.25, 0.3) is 0 Å². The van der Waals surface area contributed by atoms with Gasteiger partial charge in [0.15, 0.2) is 0 Å². The molecule has 0 unspecified atom stereocenters. The van der Waals surface area contributed by atoms with E-state index in [4.69, 9.17) is 4.74 Å². The van der Waals surface area contributed by atoms with Crippen molar-refractivity contribution in [2.24, 2.45) is 0 Å². The highest BCUT2D eigenvalue weighted by atomic mass is 32.2. The van der Waals surface area contributed by atoms with E-state index < -0.39 is 0 Å². The Kier molecular flexibility index (Phi) is 4.01. The van der Waals surface area contributed by atoms with Crippen LogP contribution in [0.3, 0.4) is 0 Å². The summed E-state index contributed by atoms with van der Waals surface area (Å²) >= 11 is 1.44. The highest BCUT2D eigenvalue weighted by Crippen LogP contribution is 2.14. The van der Waals surface area contributed by atoms with Gasteiger partial charge in [-0.3, -0.25) is 4.79 Å². The number of imidazole rings is 1. The topological polar surface area (TPSA) is 58.2 Å². The average Bonchev–Trinajstić information content (AvgIpc) is 2.83. The zero-order valence-corrected chi connectivity index (χ0v) is 9.57. The van der Waals surface area contributed by atoms with Gasteiger partial charge in [0.05, 0.1) is 30.8 Å². The second kappa shape index (κ2) is 5.72. The third-order valence-electron chi connectivity index (χ3n) is 2.20. The number of nitrogens with zero attached hydrogens (tertiary/aromatic N) is 2. The van der Waals surface area contributed by atoms with Crippen LogP contribution in [0.5, 0.6) is 0 Å². The Morgan fingerprint density at radius 3 is 3.06 bits per heavy atom. The van der Waals surface area contributed by atoms with E-state index >= 15 is 0 Å². The second-order valence-electron chi connectivity index (χ2n) is 3.27. The van der Waals surface area contributed by atoms with Crippen LogP contribution in [0.15, 0.2) is 29.0 Å². The number of morpholine rings is 1. The number of aromatic nitrogens is 2. The van der Waals surface area contributed by atoms with E-state index in [0.717, 1.165) is 5.03 Å². The summed E-state index contributed by atoms with van der Waals surface area (Å²) in [6, 6.07) is 0. The van der Waals surface area contributed by atoms with Crippen LogP contribution < -0.4 is 0 Å². The van der Waals surface area contributed by atoms with E-state index in [0.29, 0.717) is 26.3 Å². The van der Waals surface area contributed by atoms with E-state index in [2.05, 4.69) is 9.97 Å². The van der Waals surface area contributed by atoms with Gasteiger partial charge in [0.25, 0.3) is 0 Å². The molecular formula is C10H13N3O2S. The molecule has 0 radical (unpaired) electrons. The molecule has 6 heteroatoms. The number of aromatic amines is 1. The number of thioether (sulfide) groups is 1. The number of carbonyl (C=O) groups is 1. The fraction of sp³-hybridized carbons (Fsp3) is 0.400. The van der Waals surface area contributed by atoms with Crippen molar-refractivity contribution in [2.45, 2.75) is 5.03 Å². The minimum atomic E-state index is 0.0373. The quantitative estimate of drug-likeness (QED) is 0.628. The van der Waals surface area contributed by atoms with Gasteiger partial charge in [0.1, 0.15) is 0 Å². The lowest BCUT2D eigenvalue weighted by Gasteiger charge is -2.25. The number of rotatable bonds is 3. The molecule has 1 fully saturated rings. The molecule has 0 aromatic carbocycles. The molecular weight excluding hydrogens is 226 g/mol. The van der Waals surface area contributed by atoms with Crippen LogP contribution in [0.4, 0.5) is 0 Å². The van der Waals surface area contributed by atoms with Crippen molar-refractivity contribution in [2.75, 3.05) is 26.3 Å². The van der Waals surface area contributed by atoms with E-state index in [1.807, 2.05) is 0 Å². The van der Waals surface area contributed by atoms with Gasteiger partial charge < -0.3 is 14.6 Å². The summed E-state index contributed by atoms with van der Waals surface area (Å²) in [5.41, 5.74) is 0. The zero-order chi connectivity index (χ0) is 11.2. The minimum Gasteiger partial charge on any atom is -0.378 e. The summed E-state index contributed by atoms with van der Waals surface area (Å²) in [4.78, 5) is 20.3. The Balaban J connectivity index is 1.79. The average molecular weight is 239 g/mol. The Labute approximate surface area is 97.9 Å². The molecule has 1 amide bonds. The van der Waals surface area contributed by atoms with Gasteiger partial charge in [-0.15, -0.1) is 0 Å². The maximum absolute atomic E-state index is 11.7. The molecule has 16 heavy (non-hydrogen) atoms. The standard InChI is InChI=1S/C10H13N3O2S/c14-10(13-2-4-15-5-3-13)1-6-16-9-7-11-8-12-9/h1,6-8H,2-5H2,(H,11,12)/b6-1+. The summed E-state index contributed by atoms with van der Waals surface area (Å²) in [5.74, 6) is 0.0373. The van der Waals surface area contributed by atoms with Crippen molar-refractivity contribution in [1.29, 1.82) is 0 Å². The van der Waals surface area contributed by atoms with E-state index in [-0.39, 0.29) is 5.91 Å². The van der Waals surface area contributed by atoms with Crippen LogP contribution >= 0.6 is 11.8 Å². The van der Waals surface area contributed by atoms with Gasteiger partial charge in [-0.1, -0.05) is 11.8 Å². The minimum absolute atomic E-state index is 0.0373. The Morgan fingerprint density at radius 1 is 1.56 bits per heavy atom. The molecule has 1 aromatic heterocycles. The van der Waals surface area contributed by atoms with E-state index in [9.17, 15) is 4.79 Å². The van der Waals surface area contributed by atoms with Gasteiger partial charge in [0, 0.05) is 19.2 Å². The highest BCUT2D eigenvalue weighted by Gasteiger charge is 2.13. The largest absolute Gasteiger partial charge is 0.378 e. The summed E-state index contributed by atoms with van der Waals surface area (Å²) in [6.45, 7) is 2.62. The zero-order valence-electron chi connectivity index (χ0n) is 8.76. The van der Waals surface area contributed by atoms with Crippen molar-refractivity contribution in [3.05, 3.63) is 24.0 Å². The monoisotopic (exact) mass is 239 g/mol. The molecule has 1 aromatic rings. The highest BCUT2D eigenvalue weighted by molar-refractivity contribution is 8.02. The molecule has 0 bridgehead atoms. The SMILES string of the molecule is O=C(/C=C/Sc1cnc[nH]1)N1CCOCC1. The molecule has 1 aliphatic heterocycles. The van der Waals surface area contributed by atoms with Gasteiger partial charge in [-0.05, 0) is 5.41 Å². The van der Waals surface area contributed by atoms with Gasteiger partial charge >= 0.3 is 0 Å². The molecule has 2 rings (SSSR count). The number of hydrogen-bond acceptors (Lipinski definition) is 4. The van der Waals surface area contributed by atoms with Gasteiger partial charge in [0.2, 0.25) is 5.91 Å². The first kappa shape index (κ1) is 11.2. The number of H-pyrrole nitrogens is 1. The lowest BCUT2D eigenvalue weighted by Crippen LogP contribution is -2.39. The molecule has 1 saturated heterocycles. The normalized spacial score (nSPS) is 16.9. The van der Waals surface area contributed by atoms with Crippen LogP contribution in [-0.2, 0) is 9.53 Å². The number of ether oxygens (including phenoxy) is 1. The second-order valence-corrected chi connectivity index (χ2v) is 4.22. The first-order valence-corrected chi connectivity index (χ1v) is 5.92. The molecule has 0 spiro atoms. The van der Waals surface area contributed by atoms with Gasteiger partial charge in [-0.25, -0.2) is 4.98 Å². The molecule has 0 aliphatic carbocycles. The molecule has 2 heterocycles. The van der Waals surface area contributed by atoms with E-state index in [1.54, 1.807) is 28.9 Å². The van der Waals surface area contributed by atoms with Crippen molar-refractivity contribution in [3.63, 3.8) is 0 Å². The summed E-state index contributed by atoms with van der Waals surface area (Å²) in [6.07, 6.45) is 4.91. The number of amides is 1. The lowest BCUT2D eigenvalue weighted by molar-refractivity contribution is -0.129. The first-order chi connectivity index (χ1) is 7.86. The van der Waals surface area contributed by atoms with Crippen LogP contribution in [0, 0.1) is 0 Å². The number of carbonyl (C=O) groups excluding carboxylic acids is 1. The molecule has 1 N–H and O–H groups in total. The predicted molar refractivity (Wildman–Crippen MR) is 61.0 cm³/mol. The summed E-state index contributed by atoms with van der Waals surface area (Å²) in [5, 5.41) is 2.69. The maximum atomic E-state index is 11.7. The lowest BCUT2D eigenvalue weighted by atomic mass is 10.4. The fourth-order valence-corrected chi connectivity index (χ4v) is 1.94. The number of hydrogen-bond donors (Lipinski definition) is 1. The van der Waals surface area contributed by atoms with Crippen LogP contribution in [0.2, 0.25) is 0 Å². The van der Waals surface area contributed by atoms with Crippen molar-refractivity contribution in [3.8, 4) is 0 Å². The van der Waals surface area contributed by atoms with Crippen LogP contribution in [-0.4, -0.2) is 47.1 Å². The Morgan fingerprint density at radius 2 is 2.38 bits per heavy atom. The molecule has 86 valence electrons. The van der Waals surface area contributed by atoms with Crippen molar-refractivity contribution < 1.29 is 9.53 Å². The molecule has 1 aliphatic rings. The van der Waals surface area contributed by atoms with Crippen LogP contribution in [0.1, 0.15) is 0 Å². The third kappa shape index (κ3) is 3.11. The van der Waals surface area contributed by atoms with Crippen molar-refractivity contribution >= 4 is 17.7 Å². The summed E-state index contributed by atoms with van der Waals surface area (Å²) < 4.78 is 5.18. The first-order valence-electron chi connectivity index (χ1n) is 5.04. The van der Waals surface area contributed by atoms with E-state index in [1.165, 1.54) is 11.8 Å². The smallest absolute Gasteiger partial charge is 0.247 e. The fourth-order valence-electron chi connectivity index (χ4n) is 1.36. The Bertz CT molecular complexity index is 358. The molecule has 0 saturated carbocycles. The third-order valence-corrected chi connectivity index (χ3v) is 2.95. The molecule has 0 atom stereocenters. The van der Waals surface area contributed by atoms with Crippen molar-refractivity contribution in [1.82, 2.24) is 14.9 Å².